The van der Waals surface area contributed by atoms with Crippen LogP contribution in [-0.2, 0) is 4.79 Å². The summed E-state index contributed by atoms with van der Waals surface area (Å²) in [7, 11) is 1.58. The van der Waals surface area contributed by atoms with Crippen molar-refractivity contribution in [2.45, 2.75) is 4.90 Å². The van der Waals surface area contributed by atoms with E-state index in [4.69, 9.17) is 21.7 Å². The highest BCUT2D eigenvalue weighted by Gasteiger charge is 2.33. The van der Waals surface area contributed by atoms with Crippen molar-refractivity contribution in [3.8, 4) is 11.5 Å². The van der Waals surface area contributed by atoms with Crippen LogP contribution >= 0.6 is 35.7 Å². The van der Waals surface area contributed by atoms with E-state index in [1.54, 1.807) is 29.8 Å². The molecule has 0 N–H and O–H groups in total. The molecule has 2 aromatic carbocycles. The standard InChI is InChI=1S/C21H19NO3S3/c1-4-10-25-17-9-8-14(11-18(17)24-2)12-19-20(23)22(21(26)28-19)15-6-5-7-16(13-15)27-3/h4-9,11-13H,1,10H2,2-3H3/b19-12+. The van der Waals surface area contributed by atoms with Crippen LogP contribution in [0.2, 0.25) is 0 Å². The lowest BCUT2D eigenvalue weighted by Gasteiger charge is -2.15. The van der Waals surface area contributed by atoms with Gasteiger partial charge in [-0.2, -0.15) is 0 Å². The normalized spacial score (nSPS) is 15.2. The van der Waals surface area contributed by atoms with Crippen LogP contribution in [-0.4, -0.2) is 30.2 Å². The van der Waals surface area contributed by atoms with Crippen molar-refractivity contribution in [1.29, 1.82) is 0 Å². The minimum atomic E-state index is -0.126. The number of nitrogens with zero attached hydrogens (tertiary/aromatic N) is 1. The molecule has 1 amide bonds. The molecule has 4 nitrogen and oxygen atoms in total. The molecular weight excluding hydrogens is 410 g/mol. The summed E-state index contributed by atoms with van der Waals surface area (Å²) in [5, 5.41) is 0. The first kappa shape index (κ1) is 20.5. The largest absolute Gasteiger partial charge is 0.493 e. The summed E-state index contributed by atoms with van der Waals surface area (Å²) in [5.41, 5.74) is 1.62. The Morgan fingerprint density at radius 3 is 2.79 bits per heavy atom. The molecular formula is C21H19NO3S3. The average molecular weight is 430 g/mol. The third-order valence-electron chi connectivity index (χ3n) is 3.95. The lowest BCUT2D eigenvalue weighted by Crippen LogP contribution is -2.27. The summed E-state index contributed by atoms with van der Waals surface area (Å²) in [6.07, 6.45) is 5.49. The number of thiocarbonyl (C=S) groups is 1. The van der Waals surface area contributed by atoms with Crippen LogP contribution in [0.3, 0.4) is 0 Å². The van der Waals surface area contributed by atoms with Gasteiger partial charge in [0.05, 0.1) is 17.7 Å². The number of ether oxygens (including phenoxy) is 2. The second kappa shape index (κ2) is 9.32. The molecule has 0 aliphatic carbocycles. The maximum Gasteiger partial charge on any atom is 0.270 e. The molecule has 28 heavy (non-hydrogen) atoms. The first-order valence-corrected chi connectivity index (χ1v) is 10.9. The molecule has 1 aliphatic heterocycles. The van der Waals surface area contributed by atoms with Crippen LogP contribution in [0.5, 0.6) is 11.5 Å². The van der Waals surface area contributed by atoms with E-state index < -0.39 is 0 Å². The van der Waals surface area contributed by atoms with Crippen LogP contribution < -0.4 is 14.4 Å². The molecule has 0 spiro atoms. The SMILES string of the molecule is C=CCOc1ccc(/C=C2/SC(=S)N(c3cccc(SC)c3)C2=O)cc1OC. The molecule has 1 saturated heterocycles. The predicted molar refractivity (Wildman–Crippen MR) is 123 cm³/mol. The molecule has 1 aliphatic rings. The van der Waals surface area contributed by atoms with E-state index in [9.17, 15) is 4.79 Å². The zero-order chi connectivity index (χ0) is 20.1. The highest BCUT2D eigenvalue weighted by molar-refractivity contribution is 8.27. The fraction of sp³-hybridized carbons (Fsp3) is 0.143. The summed E-state index contributed by atoms with van der Waals surface area (Å²) in [5.74, 6) is 1.10. The van der Waals surface area contributed by atoms with Crippen LogP contribution in [0.1, 0.15) is 5.56 Å². The Bertz CT molecular complexity index is 956. The minimum Gasteiger partial charge on any atom is -0.493 e. The molecule has 0 aromatic heterocycles. The van der Waals surface area contributed by atoms with Gasteiger partial charge in [0.15, 0.2) is 15.8 Å². The third kappa shape index (κ3) is 4.43. The van der Waals surface area contributed by atoms with Gasteiger partial charge in [-0.05, 0) is 48.2 Å². The topological polar surface area (TPSA) is 38.8 Å². The Labute approximate surface area is 178 Å². The number of methoxy groups -OCH3 is 1. The maximum atomic E-state index is 13.0. The summed E-state index contributed by atoms with van der Waals surface area (Å²) in [6, 6.07) is 13.3. The van der Waals surface area contributed by atoms with Gasteiger partial charge in [0.25, 0.3) is 5.91 Å². The molecule has 0 atom stereocenters. The van der Waals surface area contributed by atoms with Gasteiger partial charge >= 0.3 is 0 Å². The van der Waals surface area contributed by atoms with Crippen LogP contribution in [0.15, 0.2) is 64.9 Å². The van der Waals surface area contributed by atoms with Gasteiger partial charge in [-0.1, -0.05) is 48.8 Å². The van der Waals surface area contributed by atoms with Crippen molar-refractivity contribution in [3.63, 3.8) is 0 Å². The molecule has 0 bridgehead atoms. The number of benzene rings is 2. The Morgan fingerprint density at radius 1 is 1.25 bits per heavy atom. The molecule has 3 rings (SSSR count). The predicted octanol–water partition coefficient (Wildman–Crippen LogP) is 5.39. The molecule has 0 unspecified atom stereocenters. The number of anilines is 1. The first-order chi connectivity index (χ1) is 13.6. The lowest BCUT2D eigenvalue weighted by molar-refractivity contribution is -0.113. The van der Waals surface area contributed by atoms with E-state index in [-0.39, 0.29) is 5.91 Å². The second-order valence-electron chi connectivity index (χ2n) is 5.73. The minimum absolute atomic E-state index is 0.126. The number of rotatable bonds is 7. The monoisotopic (exact) mass is 429 g/mol. The number of hydrogen-bond donors (Lipinski definition) is 0. The van der Waals surface area contributed by atoms with E-state index in [0.29, 0.717) is 27.3 Å². The van der Waals surface area contributed by atoms with Gasteiger partial charge < -0.3 is 9.47 Å². The molecule has 1 fully saturated rings. The van der Waals surface area contributed by atoms with Gasteiger partial charge in [0.1, 0.15) is 6.61 Å². The van der Waals surface area contributed by atoms with E-state index in [0.717, 1.165) is 16.1 Å². The number of hydrogen-bond acceptors (Lipinski definition) is 6. The van der Waals surface area contributed by atoms with E-state index in [2.05, 4.69) is 6.58 Å². The summed E-state index contributed by atoms with van der Waals surface area (Å²) >= 11 is 8.37. The molecule has 0 saturated carbocycles. The smallest absolute Gasteiger partial charge is 0.270 e. The van der Waals surface area contributed by atoms with Gasteiger partial charge in [0, 0.05) is 4.90 Å². The Kier molecular flexibility index (Phi) is 6.83. The second-order valence-corrected chi connectivity index (χ2v) is 8.28. The van der Waals surface area contributed by atoms with Crippen LogP contribution in [0.4, 0.5) is 5.69 Å². The van der Waals surface area contributed by atoms with Crippen LogP contribution in [0.25, 0.3) is 6.08 Å². The average Bonchev–Trinajstić information content (AvgIpc) is 2.99. The number of thioether (sulfide) groups is 2. The quantitative estimate of drug-likeness (QED) is 0.254. The lowest BCUT2D eigenvalue weighted by atomic mass is 10.2. The van der Waals surface area contributed by atoms with Crippen molar-refractivity contribution < 1.29 is 14.3 Å². The van der Waals surface area contributed by atoms with Crippen molar-refractivity contribution in [3.05, 3.63) is 65.6 Å². The van der Waals surface area contributed by atoms with Gasteiger partial charge in [-0.15, -0.1) is 11.8 Å². The Balaban J connectivity index is 1.88. The van der Waals surface area contributed by atoms with E-state index >= 15 is 0 Å². The van der Waals surface area contributed by atoms with E-state index in [1.165, 1.54) is 11.8 Å². The highest BCUT2D eigenvalue weighted by Crippen LogP contribution is 2.38. The molecule has 144 valence electrons. The van der Waals surface area contributed by atoms with Gasteiger partial charge in [-0.3, -0.25) is 9.69 Å². The Morgan fingerprint density at radius 2 is 2.07 bits per heavy atom. The fourth-order valence-corrected chi connectivity index (χ4v) is 4.39. The fourth-order valence-electron chi connectivity index (χ4n) is 2.63. The molecule has 0 radical (unpaired) electrons. The van der Waals surface area contributed by atoms with Crippen molar-refractivity contribution in [2.75, 3.05) is 24.9 Å². The van der Waals surface area contributed by atoms with Gasteiger partial charge in [0.2, 0.25) is 0 Å². The maximum absolute atomic E-state index is 13.0. The molecule has 7 heteroatoms. The van der Waals surface area contributed by atoms with Crippen molar-refractivity contribution in [2.24, 2.45) is 0 Å². The molecule has 1 heterocycles. The zero-order valence-electron chi connectivity index (χ0n) is 15.5. The zero-order valence-corrected chi connectivity index (χ0v) is 18.0. The highest BCUT2D eigenvalue weighted by atomic mass is 32.2. The number of carbonyl (C=O) groups excluding carboxylic acids is 1. The summed E-state index contributed by atoms with van der Waals surface area (Å²) in [6.45, 7) is 4.03. The van der Waals surface area contributed by atoms with Crippen LogP contribution in [0, 0.1) is 0 Å². The molecule has 2 aromatic rings. The first-order valence-electron chi connectivity index (χ1n) is 8.41. The van der Waals surface area contributed by atoms with Crippen molar-refractivity contribution >= 4 is 57.7 Å². The number of carbonyl (C=O) groups is 1. The summed E-state index contributed by atoms with van der Waals surface area (Å²) in [4.78, 5) is 16.2. The summed E-state index contributed by atoms with van der Waals surface area (Å²) < 4.78 is 11.5. The van der Waals surface area contributed by atoms with Crippen molar-refractivity contribution in [1.82, 2.24) is 0 Å². The van der Waals surface area contributed by atoms with Gasteiger partial charge in [-0.25, -0.2) is 0 Å². The third-order valence-corrected chi connectivity index (χ3v) is 5.97. The number of amides is 1. The van der Waals surface area contributed by atoms with E-state index in [1.807, 2.05) is 54.8 Å². The Hall–Kier alpha value is -2.22.